The average Bonchev–Trinajstić information content (AvgIpc) is 2.39. The van der Waals surface area contributed by atoms with Crippen LogP contribution in [0.5, 0.6) is 0 Å². The quantitative estimate of drug-likeness (QED) is 0.880. The van der Waals surface area contributed by atoms with Crippen LogP contribution in [0.1, 0.15) is 12.8 Å². The third-order valence-corrected chi connectivity index (χ3v) is 3.63. The summed E-state index contributed by atoms with van der Waals surface area (Å²) in [7, 11) is 2.12. The first-order chi connectivity index (χ1) is 8.66. The monoisotopic (exact) mass is 248 g/mol. The predicted molar refractivity (Wildman–Crippen MR) is 71.9 cm³/mol. The van der Waals surface area contributed by atoms with E-state index in [1.54, 1.807) is 0 Å². The molecule has 1 heterocycles. The smallest absolute Gasteiger partial charge is 0.317 e. The summed E-state index contributed by atoms with van der Waals surface area (Å²) in [6, 6.07) is 10.9. The van der Waals surface area contributed by atoms with Gasteiger partial charge in [-0.05, 0) is 25.0 Å². The SMILES string of the molecule is CN(c1ccccc1)C1CCN(CC(=O)O)CC1. The van der Waals surface area contributed by atoms with E-state index in [2.05, 4.69) is 24.1 Å². The van der Waals surface area contributed by atoms with Crippen molar-refractivity contribution >= 4 is 11.7 Å². The molecule has 1 aliphatic heterocycles. The number of hydrogen-bond acceptors (Lipinski definition) is 3. The summed E-state index contributed by atoms with van der Waals surface area (Å²) in [5, 5.41) is 8.77. The fraction of sp³-hybridized carbons (Fsp3) is 0.500. The van der Waals surface area contributed by atoms with Crippen molar-refractivity contribution in [3.63, 3.8) is 0 Å². The van der Waals surface area contributed by atoms with Gasteiger partial charge in [-0.2, -0.15) is 0 Å². The Bertz CT molecular complexity index is 386. The Morgan fingerprint density at radius 2 is 1.94 bits per heavy atom. The number of likely N-dealkylation sites (tertiary alicyclic amines) is 1. The van der Waals surface area contributed by atoms with Gasteiger partial charge in [-0.1, -0.05) is 18.2 Å². The maximum absolute atomic E-state index is 10.7. The fourth-order valence-corrected chi connectivity index (χ4v) is 2.53. The van der Waals surface area contributed by atoms with Gasteiger partial charge >= 0.3 is 5.97 Å². The van der Waals surface area contributed by atoms with Crippen LogP contribution >= 0.6 is 0 Å². The highest BCUT2D eigenvalue weighted by Gasteiger charge is 2.23. The van der Waals surface area contributed by atoms with Gasteiger partial charge in [-0.25, -0.2) is 0 Å². The molecule has 4 heteroatoms. The van der Waals surface area contributed by atoms with Gasteiger partial charge in [0.1, 0.15) is 0 Å². The number of anilines is 1. The van der Waals surface area contributed by atoms with Crippen molar-refractivity contribution in [3.8, 4) is 0 Å². The molecule has 0 bridgehead atoms. The molecular formula is C14H20N2O2. The Hall–Kier alpha value is -1.55. The van der Waals surface area contributed by atoms with Crippen molar-refractivity contribution in [3.05, 3.63) is 30.3 Å². The third kappa shape index (κ3) is 3.23. The predicted octanol–water partition coefficient (Wildman–Crippen LogP) is 1.67. The lowest BCUT2D eigenvalue weighted by atomic mass is 10.0. The zero-order valence-corrected chi connectivity index (χ0v) is 10.7. The normalized spacial score (nSPS) is 17.6. The van der Waals surface area contributed by atoms with Gasteiger partial charge in [-0.15, -0.1) is 0 Å². The minimum atomic E-state index is -0.732. The van der Waals surface area contributed by atoms with Crippen LogP contribution in [0.15, 0.2) is 30.3 Å². The number of carbonyl (C=O) groups is 1. The summed E-state index contributed by atoms with van der Waals surface area (Å²) in [5.41, 5.74) is 1.23. The Morgan fingerprint density at radius 3 is 2.50 bits per heavy atom. The van der Waals surface area contributed by atoms with Gasteiger partial charge in [0.2, 0.25) is 0 Å². The lowest BCUT2D eigenvalue weighted by Gasteiger charge is -2.37. The molecule has 2 rings (SSSR count). The summed E-state index contributed by atoms with van der Waals surface area (Å²) in [6.45, 7) is 1.91. The zero-order chi connectivity index (χ0) is 13.0. The average molecular weight is 248 g/mol. The molecular weight excluding hydrogens is 228 g/mol. The van der Waals surface area contributed by atoms with Gasteiger partial charge in [0, 0.05) is 31.9 Å². The number of para-hydroxylation sites is 1. The molecule has 0 aromatic heterocycles. The summed E-state index contributed by atoms with van der Waals surface area (Å²) in [5.74, 6) is -0.732. The molecule has 1 aromatic carbocycles. The van der Waals surface area contributed by atoms with Gasteiger partial charge in [0.05, 0.1) is 6.54 Å². The van der Waals surface area contributed by atoms with Crippen molar-refractivity contribution < 1.29 is 9.90 Å². The van der Waals surface area contributed by atoms with Crippen LogP contribution in [-0.2, 0) is 4.79 Å². The van der Waals surface area contributed by atoms with E-state index in [0.717, 1.165) is 25.9 Å². The molecule has 0 atom stereocenters. The van der Waals surface area contributed by atoms with E-state index in [4.69, 9.17) is 5.11 Å². The zero-order valence-electron chi connectivity index (χ0n) is 10.7. The van der Waals surface area contributed by atoms with Crippen molar-refractivity contribution in [2.24, 2.45) is 0 Å². The minimum Gasteiger partial charge on any atom is -0.480 e. The molecule has 1 fully saturated rings. The molecule has 0 radical (unpaired) electrons. The second-order valence-electron chi connectivity index (χ2n) is 4.85. The van der Waals surface area contributed by atoms with Crippen LogP contribution in [0.4, 0.5) is 5.69 Å². The molecule has 0 saturated carbocycles. The number of carboxylic acids is 1. The molecule has 1 aromatic rings. The van der Waals surface area contributed by atoms with Crippen molar-refractivity contribution in [2.45, 2.75) is 18.9 Å². The first-order valence-corrected chi connectivity index (χ1v) is 6.39. The number of nitrogens with zero attached hydrogens (tertiary/aromatic N) is 2. The Labute approximate surface area is 108 Å². The van der Waals surface area contributed by atoms with Gasteiger partial charge in [0.15, 0.2) is 0 Å². The highest BCUT2D eigenvalue weighted by molar-refractivity contribution is 5.69. The van der Waals surface area contributed by atoms with Crippen LogP contribution in [0.25, 0.3) is 0 Å². The minimum absolute atomic E-state index is 0.168. The first kappa shape index (κ1) is 12.9. The molecule has 0 spiro atoms. The van der Waals surface area contributed by atoms with E-state index in [9.17, 15) is 4.79 Å². The number of piperidine rings is 1. The molecule has 0 amide bonds. The maximum atomic E-state index is 10.7. The number of rotatable bonds is 4. The number of aliphatic carboxylic acids is 1. The Morgan fingerprint density at radius 1 is 1.33 bits per heavy atom. The standard InChI is InChI=1S/C14H20N2O2/c1-15(12-5-3-2-4-6-12)13-7-9-16(10-8-13)11-14(17)18/h2-6,13H,7-11H2,1H3,(H,17,18). The largest absolute Gasteiger partial charge is 0.480 e. The van der Waals surface area contributed by atoms with Crippen LogP contribution in [0, 0.1) is 0 Å². The summed E-state index contributed by atoms with van der Waals surface area (Å²) < 4.78 is 0. The maximum Gasteiger partial charge on any atom is 0.317 e. The second kappa shape index (κ2) is 5.87. The summed E-state index contributed by atoms with van der Waals surface area (Å²) in [6.07, 6.45) is 2.05. The van der Waals surface area contributed by atoms with Gasteiger partial charge in [-0.3, -0.25) is 9.69 Å². The lowest BCUT2D eigenvalue weighted by Crippen LogP contribution is -2.44. The summed E-state index contributed by atoms with van der Waals surface area (Å²) in [4.78, 5) is 15.0. The molecule has 4 nitrogen and oxygen atoms in total. The van der Waals surface area contributed by atoms with Crippen molar-refractivity contribution in [1.29, 1.82) is 0 Å². The lowest BCUT2D eigenvalue weighted by molar-refractivity contribution is -0.138. The summed E-state index contributed by atoms with van der Waals surface area (Å²) >= 11 is 0. The Kier molecular flexibility index (Phi) is 4.20. The number of benzene rings is 1. The highest BCUT2D eigenvalue weighted by Crippen LogP contribution is 2.21. The van der Waals surface area contributed by atoms with E-state index in [0.29, 0.717) is 6.04 Å². The topological polar surface area (TPSA) is 43.8 Å². The Balaban J connectivity index is 1.88. The fourth-order valence-electron chi connectivity index (χ4n) is 2.53. The van der Waals surface area contributed by atoms with Crippen LogP contribution in [-0.4, -0.2) is 48.7 Å². The first-order valence-electron chi connectivity index (χ1n) is 6.39. The molecule has 0 aliphatic carbocycles. The van der Waals surface area contributed by atoms with E-state index >= 15 is 0 Å². The molecule has 1 saturated heterocycles. The molecule has 1 N–H and O–H groups in total. The van der Waals surface area contributed by atoms with Crippen LogP contribution in [0.3, 0.4) is 0 Å². The number of hydrogen-bond donors (Lipinski definition) is 1. The van der Waals surface area contributed by atoms with E-state index in [-0.39, 0.29) is 6.54 Å². The van der Waals surface area contributed by atoms with E-state index < -0.39 is 5.97 Å². The van der Waals surface area contributed by atoms with Crippen molar-refractivity contribution in [2.75, 3.05) is 31.6 Å². The van der Waals surface area contributed by atoms with Crippen molar-refractivity contribution in [1.82, 2.24) is 4.90 Å². The molecule has 98 valence electrons. The van der Waals surface area contributed by atoms with Gasteiger partial charge < -0.3 is 10.0 Å². The van der Waals surface area contributed by atoms with E-state index in [1.165, 1.54) is 5.69 Å². The highest BCUT2D eigenvalue weighted by atomic mass is 16.4. The molecule has 1 aliphatic rings. The van der Waals surface area contributed by atoms with Gasteiger partial charge in [0.25, 0.3) is 0 Å². The second-order valence-corrected chi connectivity index (χ2v) is 4.85. The molecule has 0 unspecified atom stereocenters. The number of carboxylic acid groups (broad SMARTS) is 1. The van der Waals surface area contributed by atoms with Crippen LogP contribution in [0.2, 0.25) is 0 Å². The molecule has 18 heavy (non-hydrogen) atoms. The van der Waals surface area contributed by atoms with Crippen LogP contribution < -0.4 is 4.90 Å². The van der Waals surface area contributed by atoms with E-state index in [1.807, 2.05) is 23.1 Å². The third-order valence-electron chi connectivity index (χ3n) is 3.63.